The summed E-state index contributed by atoms with van der Waals surface area (Å²) < 4.78 is 1.31. The second-order valence-electron chi connectivity index (χ2n) is 5.95. The molecular weight excluding hydrogens is 378 g/mol. The van der Waals surface area contributed by atoms with Gasteiger partial charge < -0.3 is 26.4 Å². The van der Waals surface area contributed by atoms with E-state index < -0.39 is 30.4 Å². The van der Waals surface area contributed by atoms with E-state index in [0.717, 1.165) is 5.17 Å². The highest BCUT2D eigenvalue weighted by molar-refractivity contribution is 7.98. The van der Waals surface area contributed by atoms with Crippen LogP contribution in [0.3, 0.4) is 0 Å². The van der Waals surface area contributed by atoms with E-state index >= 15 is 0 Å². The molecule has 0 radical (unpaired) electrons. The third-order valence-corrected chi connectivity index (χ3v) is 4.83. The fourth-order valence-corrected chi connectivity index (χ4v) is 3.19. The van der Waals surface area contributed by atoms with E-state index in [2.05, 4.69) is 20.3 Å². The van der Waals surface area contributed by atoms with Crippen molar-refractivity contribution in [2.75, 3.05) is 29.5 Å². The highest BCUT2D eigenvalue weighted by Crippen LogP contribution is 2.22. The van der Waals surface area contributed by atoms with E-state index in [9.17, 15) is 20.1 Å². The Balaban J connectivity index is 1.71. The van der Waals surface area contributed by atoms with E-state index in [0.29, 0.717) is 23.3 Å². The van der Waals surface area contributed by atoms with Crippen molar-refractivity contribution in [3.63, 3.8) is 0 Å². The number of nitrogens with two attached hydrogens (primary N) is 1. The first-order valence-electron chi connectivity index (χ1n) is 8.15. The SMILES string of the molecule is CSCCC(NC[C@H]1ON(n2cnc3c(N)ncnc32)[C@H](O)[C@@H]1O)C(=O)O. The molecule has 3 rings (SSSR count). The molecule has 2 aromatic rings. The molecule has 1 saturated heterocycles. The lowest BCUT2D eigenvalue weighted by molar-refractivity contribution is -0.139. The number of nitrogens with zero attached hydrogens (tertiary/aromatic N) is 5. The summed E-state index contributed by atoms with van der Waals surface area (Å²) in [5, 5.41) is 33.7. The molecule has 0 spiro atoms. The molecule has 2 aromatic heterocycles. The van der Waals surface area contributed by atoms with Crippen LogP contribution in [-0.2, 0) is 9.63 Å². The number of aliphatic carboxylic acids is 1. The molecule has 3 heterocycles. The standard InChI is InChI=1S/C14H21N7O5S/c1-27-3-2-7(14(24)25)16-4-8-10(22)13(23)21(26-8)20-6-19-9-11(15)17-5-18-12(9)20/h5-8,10,13,16,22-23H,2-4H2,1H3,(H,24,25)(H2,15,17,18)/t7?,8-,10-,13-/m1/s1. The number of hydrogen-bond donors (Lipinski definition) is 5. The number of carbonyl (C=O) groups is 1. The zero-order chi connectivity index (χ0) is 19.6. The summed E-state index contributed by atoms with van der Waals surface area (Å²) in [4.78, 5) is 28.9. The molecule has 0 bridgehead atoms. The Labute approximate surface area is 158 Å². The molecule has 4 atom stereocenters. The number of thioether (sulfide) groups is 1. The average Bonchev–Trinajstić information content (AvgIpc) is 3.18. The number of imidazole rings is 1. The number of fused-ring (bicyclic) bond motifs is 1. The fraction of sp³-hybridized carbons (Fsp3) is 0.571. The van der Waals surface area contributed by atoms with Crippen LogP contribution in [0.2, 0.25) is 0 Å². The molecule has 13 heteroatoms. The molecule has 1 fully saturated rings. The van der Waals surface area contributed by atoms with Gasteiger partial charge in [-0.3, -0.25) is 4.79 Å². The van der Waals surface area contributed by atoms with Crippen LogP contribution in [0.15, 0.2) is 12.7 Å². The fourth-order valence-electron chi connectivity index (χ4n) is 2.71. The van der Waals surface area contributed by atoms with Crippen molar-refractivity contribution in [2.45, 2.75) is 30.9 Å². The summed E-state index contributed by atoms with van der Waals surface area (Å²) in [6, 6.07) is -0.777. The summed E-state index contributed by atoms with van der Waals surface area (Å²) in [7, 11) is 0. The Bertz CT molecular complexity index is 805. The highest BCUT2D eigenvalue weighted by Gasteiger charge is 2.43. The lowest BCUT2D eigenvalue weighted by atomic mass is 10.1. The number of hydroxylamine groups is 1. The minimum absolute atomic E-state index is 0.0316. The molecule has 1 unspecified atom stereocenters. The van der Waals surface area contributed by atoms with E-state index in [1.165, 1.54) is 17.3 Å². The third kappa shape index (κ3) is 3.91. The topological polar surface area (TPSA) is 172 Å². The number of nitrogens with one attached hydrogen (secondary N) is 1. The van der Waals surface area contributed by atoms with Crippen LogP contribution in [-0.4, -0.2) is 83.9 Å². The minimum Gasteiger partial charge on any atom is -0.480 e. The number of carboxylic acids is 1. The maximum atomic E-state index is 11.3. The van der Waals surface area contributed by atoms with Gasteiger partial charge in [0.2, 0.25) is 0 Å². The van der Waals surface area contributed by atoms with Crippen LogP contribution in [0.4, 0.5) is 5.82 Å². The summed E-state index contributed by atoms with van der Waals surface area (Å²) in [6.45, 7) is 0.0316. The number of hydrogen-bond acceptors (Lipinski definition) is 11. The van der Waals surface area contributed by atoms with E-state index in [1.54, 1.807) is 11.8 Å². The van der Waals surface area contributed by atoms with Crippen molar-refractivity contribution in [1.82, 2.24) is 24.9 Å². The number of aliphatic hydroxyl groups is 2. The largest absolute Gasteiger partial charge is 0.480 e. The van der Waals surface area contributed by atoms with Crippen LogP contribution in [0, 0.1) is 0 Å². The number of rotatable bonds is 8. The summed E-state index contributed by atoms with van der Waals surface area (Å²) >= 11 is 1.54. The first-order chi connectivity index (χ1) is 12.9. The molecule has 0 aliphatic carbocycles. The van der Waals surface area contributed by atoms with Crippen LogP contribution in [0.25, 0.3) is 11.2 Å². The average molecular weight is 399 g/mol. The van der Waals surface area contributed by atoms with Crippen molar-refractivity contribution in [1.29, 1.82) is 0 Å². The second kappa shape index (κ2) is 8.22. The quantitative estimate of drug-likeness (QED) is 0.335. The summed E-state index contributed by atoms with van der Waals surface area (Å²) in [5.74, 6) is -0.138. The molecule has 6 N–H and O–H groups in total. The Hall–Kier alpha value is -2.19. The minimum atomic E-state index is -1.40. The maximum Gasteiger partial charge on any atom is 0.320 e. The predicted molar refractivity (Wildman–Crippen MR) is 97.3 cm³/mol. The number of carboxylic acid groups (broad SMARTS) is 1. The van der Waals surface area contributed by atoms with Gasteiger partial charge in [0.1, 0.15) is 30.9 Å². The predicted octanol–water partition coefficient (Wildman–Crippen LogP) is -1.86. The molecule has 148 valence electrons. The van der Waals surface area contributed by atoms with E-state index in [1.807, 2.05) is 6.26 Å². The number of anilines is 1. The molecule has 27 heavy (non-hydrogen) atoms. The van der Waals surface area contributed by atoms with Gasteiger partial charge in [-0.25, -0.2) is 19.8 Å². The Morgan fingerprint density at radius 2 is 2.22 bits per heavy atom. The van der Waals surface area contributed by atoms with Gasteiger partial charge in [0, 0.05) is 6.54 Å². The first-order valence-corrected chi connectivity index (χ1v) is 9.54. The van der Waals surface area contributed by atoms with Gasteiger partial charge in [-0.1, -0.05) is 0 Å². The van der Waals surface area contributed by atoms with Crippen LogP contribution < -0.4 is 16.2 Å². The van der Waals surface area contributed by atoms with Gasteiger partial charge in [-0.15, -0.1) is 0 Å². The molecule has 1 aliphatic rings. The molecule has 0 amide bonds. The van der Waals surface area contributed by atoms with Gasteiger partial charge in [0.05, 0.1) is 0 Å². The number of aromatic nitrogens is 4. The second-order valence-corrected chi connectivity index (χ2v) is 6.94. The number of aliphatic hydroxyl groups excluding tert-OH is 2. The lowest BCUT2D eigenvalue weighted by Gasteiger charge is -2.21. The van der Waals surface area contributed by atoms with Gasteiger partial charge in [0.15, 0.2) is 23.2 Å². The van der Waals surface area contributed by atoms with Crippen molar-refractivity contribution in [2.24, 2.45) is 0 Å². The molecular formula is C14H21N7O5S. The number of nitrogen functional groups attached to an aromatic ring is 1. The Morgan fingerprint density at radius 1 is 1.44 bits per heavy atom. The van der Waals surface area contributed by atoms with Gasteiger partial charge >= 0.3 is 5.97 Å². The van der Waals surface area contributed by atoms with Gasteiger partial charge in [-0.2, -0.15) is 21.6 Å². The normalized spacial score (nSPS) is 23.8. The van der Waals surface area contributed by atoms with Crippen molar-refractivity contribution >= 4 is 34.7 Å². The first kappa shape index (κ1) is 19.6. The molecule has 12 nitrogen and oxygen atoms in total. The van der Waals surface area contributed by atoms with E-state index in [-0.39, 0.29) is 12.4 Å². The zero-order valence-corrected chi connectivity index (χ0v) is 15.3. The van der Waals surface area contributed by atoms with Crippen LogP contribution in [0.5, 0.6) is 0 Å². The van der Waals surface area contributed by atoms with Crippen molar-refractivity contribution in [3.05, 3.63) is 12.7 Å². The molecule has 0 saturated carbocycles. The summed E-state index contributed by atoms with van der Waals surface area (Å²) in [6.07, 6.45) is 1.35. The summed E-state index contributed by atoms with van der Waals surface area (Å²) in [5.41, 5.74) is 6.36. The lowest BCUT2D eigenvalue weighted by Crippen LogP contribution is -2.45. The smallest absolute Gasteiger partial charge is 0.320 e. The maximum absolute atomic E-state index is 11.3. The van der Waals surface area contributed by atoms with Gasteiger partial charge in [-0.05, 0) is 18.4 Å². The molecule has 0 aromatic carbocycles. The molecule has 1 aliphatic heterocycles. The van der Waals surface area contributed by atoms with E-state index in [4.69, 9.17) is 10.6 Å². The Kier molecular flexibility index (Phi) is 5.96. The van der Waals surface area contributed by atoms with Crippen molar-refractivity contribution < 1.29 is 25.0 Å². The Morgan fingerprint density at radius 3 is 2.93 bits per heavy atom. The monoisotopic (exact) mass is 399 g/mol. The van der Waals surface area contributed by atoms with Crippen molar-refractivity contribution in [3.8, 4) is 0 Å². The third-order valence-electron chi connectivity index (χ3n) is 4.19. The highest BCUT2D eigenvalue weighted by atomic mass is 32.2. The van der Waals surface area contributed by atoms with Crippen LogP contribution in [0.1, 0.15) is 6.42 Å². The van der Waals surface area contributed by atoms with Crippen LogP contribution >= 0.6 is 11.8 Å². The van der Waals surface area contributed by atoms with Gasteiger partial charge in [0.25, 0.3) is 0 Å². The zero-order valence-electron chi connectivity index (χ0n) is 14.5.